The van der Waals surface area contributed by atoms with Crippen molar-refractivity contribution in [3.63, 3.8) is 0 Å². The standard InChI is InChI=1S/C8H12N2S2.2C5H11NS2.2C5H10S2.2C4H6N2.C3H6O2S.CH4.3Na.3H2O/c1-7-6-8(10-9-7)2-4-11-12-5-3-8;2*1-6-2-4-7-8-5-3-6;2*1-2-4-6-7-5-3-1;2*1-4-2-3-5-6-4;4-3(5)1-2-6;;;;;;;/h6H,2-5H2,1H3;2*2-5H2,1H3;2*1-5H2;2*2H,3H2,1H3;6H,1-2H2,(H,4,5);1H4;;;;3*1H2/q;;;;;;;;;3*+1;;;/p-3. The number of azo groups is 3. The van der Waals surface area contributed by atoms with Crippen LogP contribution in [0.4, 0.5) is 0 Å². The van der Waals surface area contributed by atoms with E-state index >= 15 is 0 Å². The summed E-state index contributed by atoms with van der Waals surface area (Å²) < 4.78 is 0. The largest absolute Gasteiger partial charge is 1.00 e. The Balaban J connectivity index is -0.000000122. The number of carboxylic acids is 1. The number of hydrogen-bond acceptors (Lipinski definition) is 23. The molecule has 0 aromatic rings. The van der Waals surface area contributed by atoms with Crippen LogP contribution in [-0.2, 0) is 4.79 Å². The molecule has 0 aromatic heterocycles. The van der Waals surface area contributed by atoms with E-state index in [0.717, 1.165) is 43.0 Å². The molecule has 0 amide bonds. The molecule has 27 heteroatoms. The van der Waals surface area contributed by atoms with E-state index in [0.29, 0.717) is 5.75 Å². The Morgan fingerprint density at radius 2 is 0.896 bits per heavy atom. The summed E-state index contributed by atoms with van der Waals surface area (Å²) in [6.45, 7) is 12.5. The second-order valence-corrected chi connectivity index (χ2v) is 27.9. The van der Waals surface area contributed by atoms with E-state index < -0.39 is 5.97 Å². The third kappa shape index (κ3) is 57.7. The van der Waals surface area contributed by atoms with Crippen molar-refractivity contribution in [2.24, 2.45) is 30.7 Å². The maximum absolute atomic E-state index is 9.55. The molecular formula is C40H79N8Na3O5S11. The number of carboxylic acid groups (broad SMARTS) is 1. The SMILES string of the molecule is C.C1CCSSCC1.C1CCSSCC1.CC1=CC2(CCSSCC2)N=N1.CC1=CCN=N1.CC1=CCN=N1.CN1CCSSCC1.CN1CCSSCC1.O=C(O)CCS.[Na+].[Na+].[Na+].[OH-].[OH-].[OH-]. The molecule has 0 unspecified atom stereocenters. The van der Waals surface area contributed by atoms with Gasteiger partial charge in [-0.05, 0) is 91.6 Å². The van der Waals surface area contributed by atoms with Crippen LogP contribution in [0.1, 0.15) is 86.0 Å². The van der Waals surface area contributed by atoms with Gasteiger partial charge in [0.2, 0.25) is 0 Å². The number of nitrogens with zero attached hydrogens (tertiary/aromatic N) is 8. The van der Waals surface area contributed by atoms with Gasteiger partial charge < -0.3 is 31.3 Å². The van der Waals surface area contributed by atoms with Crippen molar-refractivity contribution >= 4 is 127 Å². The fourth-order valence-electron chi connectivity index (χ4n) is 4.84. The molecule has 0 saturated carbocycles. The Bertz CT molecular complexity index is 1170. The number of rotatable bonds is 2. The Morgan fingerprint density at radius 3 is 1.12 bits per heavy atom. The van der Waals surface area contributed by atoms with Gasteiger partial charge in [0, 0.05) is 89.5 Å². The van der Waals surface area contributed by atoms with Crippen LogP contribution < -0.4 is 88.7 Å². The van der Waals surface area contributed by atoms with Crippen LogP contribution >= 0.6 is 121 Å². The average Bonchev–Trinajstić information content (AvgIpc) is 3.59. The normalized spacial score (nSPS) is 19.9. The van der Waals surface area contributed by atoms with Crippen LogP contribution in [0, 0.1) is 0 Å². The molecule has 8 rings (SSSR count). The molecule has 1 spiro atoms. The van der Waals surface area contributed by atoms with E-state index in [1.54, 1.807) is 0 Å². The minimum absolute atomic E-state index is 0. The van der Waals surface area contributed by atoms with Gasteiger partial charge in [0.25, 0.3) is 0 Å². The first kappa shape index (κ1) is 85.1. The Hall–Kier alpha value is 4.14. The fraction of sp³-hybridized carbons (Fsp3) is 0.825. The molecule has 5 saturated heterocycles. The number of aliphatic carboxylic acids is 1. The van der Waals surface area contributed by atoms with Crippen LogP contribution in [-0.4, -0.2) is 159 Å². The third-order valence-electron chi connectivity index (χ3n) is 8.39. The quantitative estimate of drug-likeness (QED) is 0.206. The zero-order chi connectivity index (χ0) is 43.8. The molecule has 378 valence electrons. The number of hydrogen-bond donors (Lipinski definition) is 2. The monoisotopic (exact) mass is 1170 g/mol. The van der Waals surface area contributed by atoms with Crippen molar-refractivity contribution in [1.82, 2.24) is 9.80 Å². The van der Waals surface area contributed by atoms with Crippen LogP contribution in [0.15, 0.2) is 66.0 Å². The molecule has 67 heavy (non-hydrogen) atoms. The molecule has 4 N–H and O–H groups in total. The van der Waals surface area contributed by atoms with Crippen molar-refractivity contribution in [1.29, 1.82) is 0 Å². The maximum atomic E-state index is 9.55. The van der Waals surface area contributed by atoms with Crippen molar-refractivity contribution in [3.8, 4) is 0 Å². The van der Waals surface area contributed by atoms with E-state index in [4.69, 9.17) is 5.11 Å². The minimum atomic E-state index is -0.787. The van der Waals surface area contributed by atoms with Crippen LogP contribution in [0.25, 0.3) is 0 Å². The molecule has 0 aromatic carbocycles. The summed E-state index contributed by atoms with van der Waals surface area (Å²) in [5.41, 5.74) is 3.25. The van der Waals surface area contributed by atoms with Crippen molar-refractivity contribution in [3.05, 3.63) is 35.3 Å². The van der Waals surface area contributed by atoms with Crippen LogP contribution in [0.2, 0.25) is 0 Å². The summed E-state index contributed by atoms with van der Waals surface area (Å²) in [6.07, 6.45) is 17.4. The van der Waals surface area contributed by atoms with Gasteiger partial charge in [-0.1, -0.05) is 128 Å². The van der Waals surface area contributed by atoms with Crippen molar-refractivity contribution in [2.45, 2.75) is 91.5 Å². The van der Waals surface area contributed by atoms with Gasteiger partial charge in [0.05, 0.1) is 36.6 Å². The van der Waals surface area contributed by atoms with Gasteiger partial charge in [-0.3, -0.25) is 4.79 Å². The molecule has 0 atom stereocenters. The predicted molar refractivity (Wildman–Crippen MR) is 303 cm³/mol. The van der Waals surface area contributed by atoms with E-state index in [2.05, 4.69) is 73.3 Å². The van der Waals surface area contributed by atoms with E-state index in [1.165, 1.54) is 122 Å². The number of thiol groups is 1. The van der Waals surface area contributed by atoms with Crippen molar-refractivity contribution < 1.29 is 115 Å². The smallest absolute Gasteiger partial charge is 0.870 e. The van der Waals surface area contributed by atoms with Gasteiger partial charge >= 0.3 is 94.6 Å². The van der Waals surface area contributed by atoms with E-state index in [9.17, 15) is 4.79 Å². The topological polar surface area (TPSA) is 208 Å². The molecular weight excluding hydrogens is 1090 g/mol. The molecule has 0 radical (unpaired) electrons. The predicted octanol–water partition coefficient (Wildman–Crippen LogP) is 5.22. The summed E-state index contributed by atoms with van der Waals surface area (Å²) in [4.78, 5) is 14.3. The second-order valence-electron chi connectivity index (χ2n) is 13.9. The van der Waals surface area contributed by atoms with Gasteiger partial charge in [0.15, 0.2) is 0 Å². The summed E-state index contributed by atoms with van der Waals surface area (Å²) in [6, 6.07) is 0. The molecule has 8 aliphatic rings. The third-order valence-corrected chi connectivity index (χ3v) is 20.9. The molecule has 0 bridgehead atoms. The Kier molecular flexibility index (Phi) is 79.6. The first-order valence-corrected chi connectivity index (χ1v) is 33.9. The zero-order valence-electron chi connectivity index (χ0n) is 40.9. The summed E-state index contributed by atoms with van der Waals surface area (Å²) in [5.74, 6) is 12.7. The van der Waals surface area contributed by atoms with Crippen molar-refractivity contribution in [2.75, 3.05) is 117 Å². The first-order valence-electron chi connectivity index (χ1n) is 20.8. The Morgan fingerprint density at radius 1 is 0.567 bits per heavy atom. The Labute approximate surface area is 518 Å². The van der Waals surface area contributed by atoms with Gasteiger partial charge in [-0.15, -0.1) is 0 Å². The van der Waals surface area contributed by atoms with Gasteiger partial charge in [0.1, 0.15) is 5.54 Å². The zero-order valence-corrected chi connectivity index (χ0v) is 56.0. The van der Waals surface area contributed by atoms with Gasteiger partial charge in [-0.2, -0.15) is 43.3 Å². The van der Waals surface area contributed by atoms with E-state index in [-0.39, 0.29) is 124 Å². The molecule has 8 aliphatic heterocycles. The van der Waals surface area contributed by atoms with E-state index in [1.807, 2.05) is 141 Å². The first-order chi connectivity index (χ1) is 29.2. The van der Waals surface area contributed by atoms with Crippen LogP contribution in [0.3, 0.4) is 0 Å². The minimum Gasteiger partial charge on any atom is -0.870 e. The molecule has 8 heterocycles. The number of carbonyl (C=O) groups is 1. The average molecular weight is 1170 g/mol. The number of allylic oxidation sites excluding steroid dienone is 3. The summed E-state index contributed by atoms with van der Waals surface area (Å²) in [5, 5.41) is 31.2. The second kappa shape index (κ2) is 62.7. The molecule has 5 fully saturated rings. The van der Waals surface area contributed by atoms with Gasteiger partial charge in [-0.25, -0.2) is 0 Å². The molecule has 13 nitrogen and oxygen atoms in total. The molecule has 0 aliphatic carbocycles. The fourth-order valence-corrected chi connectivity index (χ4v) is 16.3. The summed E-state index contributed by atoms with van der Waals surface area (Å²) in [7, 11) is 24.4. The summed E-state index contributed by atoms with van der Waals surface area (Å²) >= 11 is 3.68. The maximum Gasteiger partial charge on any atom is 1.00 e. The van der Waals surface area contributed by atoms with Crippen LogP contribution in [0.5, 0.6) is 0 Å².